The minimum atomic E-state index is -0.226. The molecule has 2 aliphatic rings. The molecule has 2 aliphatic heterocycles. The van der Waals surface area contributed by atoms with Gasteiger partial charge in [-0.15, -0.1) is 0 Å². The number of phenols is 3. The second-order valence-electron chi connectivity index (χ2n) is 6.33. The van der Waals surface area contributed by atoms with Crippen LogP contribution in [0.5, 0.6) is 17.2 Å². The molecule has 0 bridgehead atoms. The molecule has 4 rings (SSSR count). The topological polar surface area (TPSA) is 63.9 Å². The van der Waals surface area contributed by atoms with Crippen LogP contribution < -0.4 is 0 Å². The molecule has 120 valence electrons. The van der Waals surface area contributed by atoms with Gasteiger partial charge in [-0.05, 0) is 59.7 Å². The van der Waals surface area contributed by atoms with E-state index < -0.39 is 0 Å². The average molecular weight is 332 g/mol. The molecule has 23 heavy (non-hydrogen) atoms. The van der Waals surface area contributed by atoms with Crippen LogP contribution in [-0.2, 0) is 19.3 Å². The fourth-order valence-corrected chi connectivity index (χ4v) is 4.20. The quantitative estimate of drug-likeness (QED) is 0.649. The van der Waals surface area contributed by atoms with Crippen LogP contribution in [0.4, 0.5) is 0 Å². The summed E-state index contributed by atoms with van der Waals surface area (Å²) >= 11 is 6.25. The van der Waals surface area contributed by atoms with Gasteiger partial charge >= 0.3 is 0 Å². The molecule has 2 heterocycles. The minimum Gasteiger partial charge on any atom is -0.508 e. The van der Waals surface area contributed by atoms with Crippen molar-refractivity contribution in [2.75, 3.05) is 13.1 Å². The van der Waals surface area contributed by atoms with Gasteiger partial charge in [0.1, 0.15) is 5.75 Å². The van der Waals surface area contributed by atoms with E-state index in [1.807, 2.05) is 12.1 Å². The standard InChI is InChI=1S/C18H18ClNO3/c19-17-14-4-6-20-5-3-10-7-12(21)1-2-13(10)15(20)8-11(14)9-16(22)18(17)23/h1-2,7,9,15,21-23H,3-6,8H2. The van der Waals surface area contributed by atoms with Gasteiger partial charge in [-0.25, -0.2) is 0 Å². The zero-order valence-corrected chi connectivity index (χ0v) is 13.3. The maximum atomic E-state index is 9.89. The van der Waals surface area contributed by atoms with Crippen LogP contribution in [0.2, 0.25) is 5.02 Å². The third-order valence-electron chi connectivity index (χ3n) is 5.07. The maximum Gasteiger partial charge on any atom is 0.176 e. The Kier molecular flexibility index (Phi) is 3.39. The van der Waals surface area contributed by atoms with Gasteiger partial charge < -0.3 is 15.3 Å². The molecule has 4 nitrogen and oxygen atoms in total. The lowest BCUT2D eigenvalue weighted by Crippen LogP contribution is -2.36. The van der Waals surface area contributed by atoms with Crippen molar-refractivity contribution < 1.29 is 15.3 Å². The Bertz CT molecular complexity index is 790. The van der Waals surface area contributed by atoms with Crippen LogP contribution in [0.1, 0.15) is 28.3 Å². The number of fused-ring (bicyclic) bond motifs is 4. The number of phenolic OH excluding ortho intramolecular Hbond substituents is 3. The fraction of sp³-hybridized carbons (Fsp3) is 0.333. The van der Waals surface area contributed by atoms with Crippen molar-refractivity contribution >= 4 is 11.6 Å². The summed E-state index contributed by atoms with van der Waals surface area (Å²) in [6, 6.07) is 7.42. The van der Waals surface area contributed by atoms with Crippen LogP contribution in [0.15, 0.2) is 24.3 Å². The Morgan fingerprint density at radius 1 is 1.00 bits per heavy atom. The van der Waals surface area contributed by atoms with Gasteiger partial charge in [0.2, 0.25) is 0 Å². The van der Waals surface area contributed by atoms with E-state index in [2.05, 4.69) is 4.90 Å². The predicted octanol–water partition coefficient (Wildman–Crippen LogP) is 3.15. The average Bonchev–Trinajstić information content (AvgIpc) is 2.71. The van der Waals surface area contributed by atoms with Crippen molar-refractivity contribution in [1.29, 1.82) is 0 Å². The Balaban J connectivity index is 1.80. The van der Waals surface area contributed by atoms with Gasteiger partial charge in [0.15, 0.2) is 11.5 Å². The van der Waals surface area contributed by atoms with Crippen LogP contribution >= 0.6 is 11.6 Å². The second kappa shape index (κ2) is 5.32. The summed E-state index contributed by atoms with van der Waals surface area (Å²) in [4.78, 5) is 2.42. The first-order valence-electron chi connectivity index (χ1n) is 7.82. The van der Waals surface area contributed by atoms with E-state index in [-0.39, 0.29) is 22.6 Å². The monoisotopic (exact) mass is 331 g/mol. The number of hydrogen-bond donors (Lipinski definition) is 3. The molecule has 0 radical (unpaired) electrons. The minimum absolute atomic E-state index is 0.163. The van der Waals surface area contributed by atoms with Gasteiger partial charge in [-0.1, -0.05) is 17.7 Å². The van der Waals surface area contributed by atoms with Crippen LogP contribution in [0.25, 0.3) is 0 Å². The zero-order chi connectivity index (χ0) is 16.1. The highest BCUT2D eigenvalue weighted by atomic mass is 35.5. The van der Waals surface area contributed by atoms with E-state index >= 15 is 0 Å². The van der Waals surface area contributed by atoms with E-state index in [1.165, 1.54) is 11.1 Å². The third-order valence-corrected chi connectivity index (χ3v) is 5.48. The lowest BCUT2D eigenvalue weighted by atomic mass is 9.88. The van der Waals surface area contributed by atoms with E-state index in [0.717, 1.165) is 43.5 Å². The summed E-state index contributed by atoms with van der Waals surface area (Å²) in [5.41, 5.74) is 4.32. The molecule has 5 heteroatoms. The number of aromatic hydroxyl groups is 3. The molecule has 0 saturated heterocycles. The maximum absolute atomic E-state index is 9.89. The fourth-order valence-electron chi connectivity index (χ4n) is 3.89. The Hall–Kier alpha value is -1.91. The molecule has 3 N–H and O–H groups in total. The van der Waals surface area contributed by atoms with E-state index in [1.54, 1.807) is 12.1 Å². The molecule has 0 spiro atoms. The summed E-state index contributed by atoms with van der Waals surface area (Å²) in [5, 5.41) is 29.8. The molecule has 0 fully saturated rings. The normalized spacial score (nSPS) is 20.3. The first kappa shape index (κ1) is 14.7. The van der Waals surface area contributed by atoms with Crippen molar-refractivity contribution in [3.63, 3.8) is 0 Å². The van der Waals surface area contributed by atoms with E-state index in [9.17, 15) is 15.3 Å². The molecular weight excluding hydrogens is 314 g/mol. The highest BCUT2D eigenvalue weighted by Crippen LogP contribution is 2.43. The molecule has 2 aromatic carbocycles. The molecule has 2 aromatic rings. The summed E-state index contributed by atoms with van der Waals surface area (Å²) in [7, 11) is 0. The summed E-state index contributed by atoms with van der Waals surface area (Å²) in [5.74, 6) is -0.0867. The van der Waals surface area contributed by atoms with Crippen molar-refractivity contribution in [3.8, 4) is 17.2 Å². The lowest BCUT2D eigenvalue weighted by Gasteiger charge is -2.36. The van der Waals surface area contributed by atoms with Gasteiger partial charge in [0, 0.05) is 19.1 Å². The summed E-state index contributed by atoms with van der Waals surface area (Å²) < 4.78 is 0. The number of rotatable bonds is 0. The number of halogens is 1. The predicted molar refractivity (Wildman–Crippen MR) is 88.3 cm³/mol. The van der Waals surface area contributed by atoms with Gasteiger partial charge in [-0.3, -0.25) is 4.90 Å². The van der Waals surface area contributed by atoms with Gasteiger partial charge in [-0.2, -0.15) is 0 Å². The Morgan fingerprint density at radius 2 is 1.78 bits per heavy atom. The zero-order valence-electron chi connectivity index (χ0n) is 12.6. The van der Waals surface area contributed by atoms with E-state index in [4.69, 9.17) is 11.6 Å². The molecule has 0 aliphatic carbocycles. The van der Waals surface area contributed by atoms with Crippen LogP contribution in [0, 0.1) is 0 Å². The first-order valence-corrected chi connectivity index (χ1v) is 8.20. The molecule has 0 amide bonds. The number of benzene rings is 2. The highest BCUT2D eigenvalue weighted by Gasteiger charge is 2.32. The molecule has 0 saturated carbocycles. The highest BCUT2D eigenvalue weighted by molar-refractivity contribution is 6.33. The lowest BCUT2D eigenvalue weighted by molar-refractivity contribution is 0.192. The molecular formula is C18H18ClNO3. The van der Waals surface area contributed by atoms with Crippen LogP contribution in [-0.4, -0.2) is 33.3 Å². The molecule has 0 aromatic heterocycles. The summed E-state index contributed by atoms with van der Waals surface area (Å²) in [6.07, 6.45) is 2.41. The summed E-state index contributed by atoms with van der Waals surface area (Å²) in [6.45, 7) is 1.80. The van der Waals surface area contributed by atoms with Crippen molar-refractivity contribution in [2.24, 2.45) is 0 Å². The van der Waals surface area contributed by atoms with Crippen molar-refractivity contribution in [2.45, 2.75) is 25.3 Å². The van der Waals surface area contributed by atoms with Crippen molar-refractivity contribution in [3.05, 3.63) is 51.5 Å². The van der Waals surface area contributed by atoms with Crippen molar-refractivity contribution in [1.82, 2.24) is 4.90 Å². The largest absolute Gasteiger partial charge is 0.508 e. The van der Waals surface area contributed by atoms with Gasteiger partial charge in [0.05, 0.1) is 5.02 Å². The molecule has 1 unspecified atom stereocenters. The molecule has 1 atom stereocenters. The smallest absolute Gasteiger partial charge is 0.176 e. The Labute approximate surface area is 139 Å². The first-order chi connectivity index (χ1) is 11.0. The number of hydrogen-bond acceptors (Lipinski definition) is 4. The Morgan fingerprint density at radius 3 is 2.61 bits per heavy atom. The SMILES string of the molecule is Oc1ccc2c(c1)CCN1CCc3c(cc(O)c(O)c3Cl)CC21. The van der Waals surface area contributed by atoms with E-state index in [0.29, 0.717) is 5.75 Å². The number of nitrogens with zero attached hydrogens (tertiary/aromatic N) is 1. The van der Waals surface area contributed by atoms with Gasteiger partial charge in [0.25, 0.3) is 0 Å². The van der Waals surface area contributed by atoms with Crippen LogP contribution in [0.3, 0.4) is 0 Å². The third kappa shape index (κ3) is 2.33. The second-order valence-corrected chi connectivity index (χ2v) is 6.71.